The summed E-state index contributed by atoms with van der Waals surface area (Å²) in [6.45, 7) is 3.22. The summed E-state index contributed by atoms with van der Waals surface area (Å²) in [4.78, 5) is 28.3. The van der Waals surface area contributed by atoms with E-state index in [1.165, 1.54) is 0 Å². The first-order valence-corrected chi connectivity index (χ1v) is 12.2. The van der Waals surface area contributed by atoms with Crippen LogP contribution in [0.15, 0.2) is 48.5 Å². The number of aliphatic carboxylic acids is 1. The van der Waals surface area contributed by atoms with Crippen LogP contribution in [0.1, 0.15) is 12.5 Å². The molecular formula is C26H34N6O6. The minimum absolute atomic E-state index is 0.0523. The van der Waals surface area contributed by atoms with E-state index >= 15 is 0 Å². The van der Waals surface area contributed by atoms with Crippen LogP contribution in [0, 0.1) is 0 Å². The van der Waals surface area contributed by atoms with Crippen molar-refractivity contribution in [3.63, 3.8) is 0 Å². The molecule has 0 aliphatic heterocycles. The molecule has 0 aliphatic carbocycles. The molecular weight excluding hydrogens is 492 g/mol. The fourth-order valence-electron chi connectivity index (χ4n) is 3.43. The maximum Gasteiger partial charge on any atom is 0.333 e. The first kappa shape index (κ1) is 28.4. The third-order valence-corrected chi connectivity index (χ3v) is 5.54. The van der Waals surface area contributed by atoms with E-state index in [0.717, 1.165) is 5.56 Å². The third kappa shape index (κ3) is 8.46. The van der Waals surface area contributed by atoms with Gasteiger partial charge in [0.15, 0.2) is 6.10 Å². The second-order valence-electron chi connectivity index (χ2n) is 8.48. The SMILES string of the molecule is CCOC(Cc1ccc(OCCN(C)c2nc(Nc3ccc(O)cc3)nc(N(C)CCO)n2)cc1)C(=O)O. The van der Waals surface area contributed by atoms with E-state index in [9.17, 15) is 20.1 Å². The van der Waals surface area contributed by atoms with Crippen LogP contribution in [0.5, 0.6) is 11.5 Å². The predicted octanol–water partition coefficient (Wildman–Crippen LogP) is 2.30. The summed E-state index contributed by atoms with van der Waals surface area (Å²) in [5, 5.41) is 31.2. The average molecular weight is 527 g/mol. The second kappa shape index (κ2) is 14.0. The average Bonchev–Trinajstić information content (AvgIpc) is 2.90. The Morgan fingerprint density at radius 2 is 1.61 bits per heavy atom. The van der Waals surface area contributed by atoms with Gasteiger partial charge in [-0.1, -0.05) is 12.1 Å². The number of carboxylic acids is 1. The number of aromatic hydroxyl groups is 1. The van der Waals surface area contributed by atoms with Gasteiger partial charge in [0.2, 0.25) is 17.8 Å². The zero-order valence-electron chi connectivity index (χ0n) is 21.7. The Kier molecular flexibility index (Phi) is 10.4. The summed E-state index contributed by atoms with van der Waals surface area (Å²) >= 11 is 0. The van der Waals surface area contributed by atoms with E-state index in [0.29, 0.717) is 55.6 Å². The number of nitrogens with one attached hydrogen (secondary N) is 1. The molecule has 0 fully saturated rings. The minimum Gasteiger partial charge on any atom is -0.508 e. The van der Waals surface area contributed by atoms with Crippen molar-refractivity contribution >= 4 is 29.5 Å². The molecule has 204 valence electrons. The molecule has 0 radical (unpaired) electrons. The molecule has 3 aromatic rings. The number of aromatic nitrogens is 3. The molecule has 0 amide bonds. The number of aliphatic hydroxyl groups excluding tert-OH is 1. The largest absolute Gasteiger partial charge is 0.508 e. The monoisotopic (exact) mass is 526 g/mol. The molecule has 1 aromatic heterocycles. The number of rotatable bonds is 15. The molecule has 0 aliphatic rings. The molecule has 2 aromatic carbocycles. The number of aliphatic hydroxyl groups is 1. The van der Waals surface area contributed by atoms with E-state index in [1.807, 2.05) is 24.1 Å². The van der Waals surface area contributed by atoms with E-state index in [2.05, 4.69) is 20.3 Å². The van der Waals surface area contributed by atoms with Crippen LogP contribution >= 0.6 is 0 Å². The Balaban J connectivity index is 1.63. The molecule has 1 unspecified atom stereocenters. The maximum absolute atomic E-state index is 11.3. The molecule has 12 heteroatoms. The Morgan fingerprint density at radius 1 is 0.974 bits per heavy atom. The van der Waals surface area contributed by atoms with Gasteiger partial charge in [0.25, 0.3) is 0 Å². The summed E-state index contributed by atoms with van der Waals surface area (Å²) < 4.78 is 11.1. The number of carbonyl (C=O) groups is 1. The highest BCUT2D eigenvalue weighted by Gasteiger charge is 2.18. The molecule has 0 saturated heterocycles. The van der Waals surface area contributed by atoms with E-state index in [-0.39, 0.29) is 18.8 Å². The van der Waals surface area contributed by atoms with Crippen molar-refractivity contribution < 1.29 is 29.6 Å². The van der Waals surface area contributed by atoms with Crippen molar-refractivity contribution in [3.05, 3.63) is 54.1 Å². The lowest BCUT2D eigenvalue weighted by atomic mass is 10.1. The molecule has 1 atom stereocenters. The number of anilines is 4. The van der Waals surface area contributed by atoms with Crippen LogP contribution in [0.2, 0.25) is 0 Å². The predicted molar refractivity (Wildman–Crippen MR) is 144 cm³/mol. The number of likely N-dealkylation sites (N-methyl/N-ethyl adjacent to an activating group) is 2. The van der Waals surface area contributed by atoms with Crippen LogP contribution in [0.3, 0.4) is 0 Å². The van der Waals surface area contributed by atoms with Crippen molar-refractivity contribution in [2.45, 2.75) is 19.4 Å². The summed E-state index contributed by atoms with van der Waals surface area (Å²) in [7, 11) is 3.61. The van der Waals surface area contributed by atoms with E-state index < -0.39 is 12.1 Å². The summed E-state index contributed by atoms with van der Waals surface area (Å²) in [5.41, 5.74) is 1.54. The van der Waals surface area contributed by atoms with E-state index in [4.69, 9.17) is 9.47 Å². The zero-order chi connectivity index (χ0) is 27.5. The maximum atomic E-state index is 11.3. The summed E-state index contributed by atoms with van der Waals surface area (Å²) in [6.07, 6.45) is -0.602. The number of phenols is 1. The van der Waals surface area contributed by atoms with E-state index in [1.54, 1.807) is 55.3 Å². The minimum atomic E-state index is -0.985. The topological polar surface area (TPSA) is 153 Å². The van der Waals surface area contributed by atoms with Crippen LogP contribution in [-0.2, 0) is 16.0 Å². The Labute approximate surface area is 221 Å². The van der Waals surface area contributed by atoms with Gasteiger partial charge in [0, 0.05) is 39.4 Å². The number of ether oxygens (including phenoxy) is 2. The quantitative estimate of drug-likeness (QED) is 0.215. The molecule has 0 spiro atoms. The van der Waals surface area contributed by atoms with Gasteiger partial charge in [-0.05, 0) is 48.9 Å². The second-order valence-corrected chi connectivity index (χ2v) is 8.48. The number of hydrogen-bond donors (Lipinski definition) is 4. The zero-order valence-corrected chi connectivity index (χ0v) is 21.7. The lowest BCUT2D eigenvalue weighted by Crippen LogP contribution is -2.29. The number of nitrogens with zero attached hydrogens (tertiary/aromatic N) is 5. The third-order valence-electron chi connectivity index (χ3n) is 5.54. The van der Waals surface area contributed by atoms with Crippen LogP contribution in [0.4, 0.5) is 23.5 Å². The van der Waals surface area contributed by atoms with Gasteiger partial charge >= 0.3 is 5.97 Å². The lowest BCUT2D eigenvalue weighted by molar-refractivity contribution is -0.149. The number of carboxylic acid groups (broad SMARTS) is 1. The van der Waals surface area contributed by atoms with Crippen molar-refractivity contribution in [3.8, 4) is 11.5 Å². The highest BCUT2D eigenvalue weighted by Crippen LogP contribution is 2.21. The first-order chi connectivity index (χ1) is 18.3. The molecule has 4 N–H and O–H groups in total. The number of hydrogen-bond acceptors (Lipinski definition) is 11. The molecule has 0 bridgehead atoms. The standard InChI is InChI=1S/C26H34N6O6/c1-4-37-22(23(35)36)17-18-5-11-21(12-6-18)38-16-14-32(3)26-29-24(27-19-7-9-20(34)10-8-19)28-25(30-26)31(2)13-15-33/h5-12,22,33-34H,4,13-17H2,1-3H3,(H,35,36)(H,27,28,29,30). The molecule has 0 saturated carbocycles. The van der Waals surface area contributed by atoms with Crippen LogP contribution < -0.4 is 19.9 Å². The Hall–Kier alpha value is -4.16. The lowest BCUT2D eigenvalue weighted by Gasteiger charge is -2.21. The van der Waals surface area contributed by atoms with Gasteiger partial charge in [-0.2, -0.15) is 15.0 Å². The highest BCUT2D eigenvalue weighted by molar-refractivity contribution is 5.72. The van der Waals surface area contributed by atoms with Crippen molar-refractivity contribution in [2.75, 3.05) is 62.1 Å². The van der Waals surface area contributed by atoms with Crippen LogP contribution in [-0.4, -0.2) is 89.4 Å². The summed E-state index contributed by atoms with van der Waals surface area (Å²) in [5.74, 6) is 0.936. The Bertz CT molecular complexity index is 1160. The normalized spacial score (nSPS) is 11.6. The molecule has 1 heterocycles. The van der Waals surface area contributed by atoms with Crippen molar-refractivity contribution in [1.29, 1.82) is 0 Å². The van der Waals surface area contributed by atoms with Gasteiger partial charge in [-0.3, -0.25) is 0 Å². The summed E-state index contributed by atoms with van der Waals surface area (Å²) in [6, 6.07) is 13.8. The molecule has 3 rings (SSSR count). The fraction of sp³-hybridized carbons (Fsp3) is 0.385. The van der Waals surface area contributed by atoms with Gasteiger partial charge < -0.3 is 39.9 Å². The van der Waals surface area contributed by atoms with Gasteiger partial charge in [0.1, 0.15) is 18.1 Å². The number of benzene rings is 2. The first-order valence-electron chi connectivity index (χ1n) is 12.2. The van der Waals surface area contributed by atoms with Gasteiger partial charge in [-0.15, -0.1) is 0 Å². The molecule has 38 heavy (non-hydrogen) atoms. The highest BCUT2D eigenvalue weighted by atomic mass is 16.5. The van der Waals surface area contributed by atoms with Gasteiger partial charge in [-0.25, -0.2) is 4.79 Å². The fourth-order valence-corrected chi connectivity index (χ4v) is 3.43. The van der Waals surface area contributed by atoms with Gasteiger partial charge in [0.05, 0.1) is 13.2 Å². The molecule has 12 nitrogen and oxygen atoms in total. The number of phenolic OH excluding ortho intramolecular Hbond substituents is 1. The van der Waals surface area contributed by atoms with Crippen molar-refractivity contribution in [2.24, 2.45) is 0 Å². The Morgan fingerprint density at radius 3 is 2.18 bits per heavy atom. The van der Waals surface area contributed by atoms with Crippen molar-refractivity contribution in [1.82, 2.24) is 15.0 Å². The van der Waals surface area contributed by atoms with Crippen LogP contribution in [0.25, 0.3) is 0 Å². The smallest absolute Gasteiger partial charge is 0.333 e.